The van der Waals surface area contributed by atoms with Crippen molar-refractivity contribution >= 4 is 5.97 Å². The average molecular weight is 513 g/mol. The number of aliphatic hydroxyl groups excluding tert-OH is 6. The summed E-state index contributed by atoms with van der Waals surface area (Å²) >= 11 is 0. The molecule has 10 heteroatoms. The number of fused-ring (bicyclic) bond motifs is 1. The van der Waals surface area contributed by atoms with E-state index >= 15 is 0 Å². The minimum Gasteiger partial charge on any atom is -0.459 e. The lowest BCUT2D eigenvalue weighted by atomic mass is 9.46. The first-order valence-electron chi connectivity index (χ1n) is 12.8. The number of esters is 1. The van der Waals surface area contributed by atoms with Gasteiger partial charge in [0.05, 0.1) is 24.9 Å². The first-order valence-corrected chi connectivity index (χ1v) is 12.8. The van der Waals surface area contributed by atoms with Gasteiger partial charge in [-0.25, -0.2) is 4.79 Å². The Morgan fingerprint density at radius 1 is 1.11 bits per heavy atom. The van der Waals surface area contributed by atoms with Gasteiger partial charge >= 0.3 is 5.97 Å². The number of ether oxygens (including phenoxy) is 3. The molecule has 204 valence electrons. The van der Waals surface area contributed by atoms with Gasteiger partial charge in [0.1, 0.15) is 37.1 Å². The second-order valence-electron chi connectivity index (χ2n) is 11.3. The van der Waals surface area contributed by atoms with E-state index in [1.807, 2.05) is 6.92 Å². The summed E-state index contributed by atoms with van der Waals surface area (Å²) in [7, 11) is 0. The van der Waals surface area contributed by atoms with E-state index in [-0.39, 0.29) is 36.0 Å². The quantitative estimate of drug-likeness (QED) is 0.121. The van der Waals surface area contributed by atoms with Gasteiger partial charge in [0, 0.05) is 5.41 Å². The maximum Gasteiger partial charge on any atom is 0.336 e. The maximum atomic E-state index is 12.0. The molecule has 0 radical (unpaired) electrons. The zero-order chi connectivity index (χ0) is 26.4. The summed E-state index contributed by atoms with van der Waals surface area (Å²) in [5, 5.41) is 61.0. The molecule has 0 unspecified atom stereocenters. The molecule has 2 aliphatic carbocycles. The van der Waals surface area contributed by atoms with E-state index in [2.05, 4.69) is 13.5 Å². The van der Waals surface area contributed by atoms with E-state index in [4.69, 9.17) is 14.2 Å². The summed E-state index contributed by atoms with van der Waals surface area (Å²) < 4.78 is 16.7. The summed E-state index contributed by atoms with van der Waals surface area (Å²) in [5.74, 6) is -0.473. The largest absolute Gasteiger partial charge is 0.459 e. The van der Waals surface area contributed by atoms with Crippen molar-refractivity contribution in [3.05, 3.63) is 23.8 Å². The Hall–Kier alpha value is -1.37. The van der Waals surface area contributed by atoms with E-state index in [0.717, 1.165) is 24.8 Å². The average Bonchev–Trinajstić information content (AvgIpc) is 3.17. The highest BCUT2D eigenvalue weighted by Gasteiger charge is 2.59. The van der Waals surface area contributed by atoms with Crippen LogP contribution in [0, 0.1) is 22.7 Å². The molecule has 2 saturated heterocycles. The molecule has 36 heavy (non-hydrogen) atoms. The van der Waals surface area contributed by atoms with Crippen LogP contribution in [0.25, 0.3) is 0 Å². The predicted octanol–water partition coefficient (Wildman–Crippen LogP) is -0.213. The van der Waals surface area contributed by atoms with Crippen LogP contribution in [0.2, 0.25) is 0 Å². The zero-order valence-corrected chi connectivity index (χ0v) is 21.0. The van der Waals surface area contributed by atoms with Crippen molar-refractivity contribution in [3.8, 4) is 0 Å². The van der Waals surface area contributed by atoms with E-state index < -0.39 is 60.9 Å². The highest BCUT2D eigenvalue weighted by Crippen LogP contribution is 2.62. The monoisotopic (exact) mass is 512 g/mol. The molecule has 4 fully saturated rings. The number of carbonyl (C=O) groups is 1. The Bertz CT molecular complexity index is 873. The fourth-order valence-electron chi connectivity index (χ4n) is 7.11. The summed E-state index contributed by atoms with van der Waals surface area (Å²) in [6.45, 7) is 7.68. The molecule has 0 aromatic carbocycles. The number of cyclic esters (lactones) is 1. The Labute approximate surface area is 211 Å². The lowest BCUT2D eigenvalue weighted by Gasteiger charge is -2.61. The molecule has 2 aliphatic heterocycles. The van der Waals surface area contributed by atoms with Crippen molar-refractivity contribution < 1.29 is 49.6 Å². The third-order valence-electron chi connectivity index (χ3n) is 9.34. The van der Waals surface area contributed by atoms with Crippen LogP contribution in [-0.2, 0) is 19.0 Å². The lowest BCUT2D eigenvalue weighted by Crippen LogP contribution is -2.63. The van der Waals surface area contributed by atoms with Crippen molar-refractivity contribution in [1.82, 2.24) is 0 Å². The number of aliphatic hydroxyl groups is 6. The molecule has 0 aromatic rings. The zero-order valence-electron chi connectivity index (χ0n) is 21.0. The first-order chi connectivity index (χ1) is 17.0. The van der Waals surface area contributed by atoms with Crippen molar-refractivity contribution in [2.75, 3.05) is 19.8 Å². The topological polar surface area (TPSA) is 166 Å². The van der Waals surface area contributed by atoms with Crippen LogP contribution >= 0.6 is 0 Å². The second kappa shape index (κ2) is 10.4. The smallest absolute Gasteiger partial charge is 0.336 e. The normalized spacial score (nSPS) is 48.7. The molecule has 2 heterocycles. The Morgan fingerprint density at radius 2 is 1.83 bits per heavy atom. The third-order valence-corrected chi connectivity index (χ3v) is 9.34. The number of hydrogen-bond donors (Lipinski definition) is 6. The minimum absolute atomic E-state index is 0.00740. The Morgan fingerprint density at radius 3 is 2.44 bits per heavy atom. The minimum atomic E-state index is -1.54. The van der Waals surface area contributed by atoms with E-state index in [9.17, 15) is 35.4 Å². The van der Waals surface area contributed by atoms with Crippen LogP contribution in [-0.4, -0.2) is 99.3 Å². The van der Waals surface area contributed by atoms with Crippen LogP contribution in [0.4, 0.5) is 0 Å². The fraction of sp³-hybridized carbons (Fsp3) is 0.808. The molecule has 4 rings (SSSR count). The van der Waals surface area contributed by atoms with Gasteiger partial charge in [-0.2, -0.15) is 0 Å². The fourth-order valence-corrected chi connectivity index (χ4v) is 7.11. The summed E-state index contributed by atoms with van der Waals surface area (Å²) in [6, 6.07) is 0. The van der Waals surface area contributed by atoms with Crippen LogP contribution in [0.5, 0.6) is 0 Å². The first kappa shape index (κ1) is 27.7. The third kappa shape index (κ3) is 4.56. The van der Waals surface area contributed by atoms with Crippen molar-refractivity contribution in [2.24, 2.45) is 22.7 Å². The molecule has 0 aromatic heterocycles. The van der Waals surface area contributed by atoms with Gasteiger partial charge < -0.3 is 44.8 Å². The second-order valence-corrected chi connectivity index (χ2v) is 11.3. The molecular weight excluding hydrogens is 472 g/mol. The highest BCUT2D eigenvalue weighted by molar-refractivity contribution is 5.91. The molecule has 0 spiro atoms. The van der Waals surface area contributed by atoms with Crippen molar-refractivity contribution in [1.29, 1.82) is 0 Å². The number of hydrogen-bond acceptors (Lipinski definition) is 10. The molecule has 0 bridgehead atoms. The molecule has 6 N–H and O–H groups in total. The standard InChI is InChI=1S/C26H40O10/c1-13-4-7-18-25(2,15(13)6-5-14-16(29)11-34-23(14)33)9-8-19(26(18,3)12-28)36-24-22(32)21(31)20(30)17(10-27)35-24/h5,15-22,24,27-32H,1,4,6-12H2,2-3H3/b14-5-/t15-,16-,17-,18+,19-,20-,21+,22-,24+,25-,26+/m1/s1. The highest BCUT2D eigenvalue weighted by atomic mass is 16.7. The van der Waals surface area contributed by atoms with Gasteiger partial charge in [0.25, 0.3) is 0 Å². The van der Waals surface area contributed by atoms with Gasteiger partial charge in [-0.05, 0) is 49.4 Å². The number of rotatable bonds is 6. The van der Waals surface area contributed by atoms with Gasteiger partial charge in [-0.1, -0.05) is 32.1 Å². The molecule has 11 atom stereocenters. The predicted molar refractivity (Wildman–Crippen MR) is 126 cm³/mol. The molecule has 2 saturated carbocycles. The molecule has 4 aliphatic rings. The number of carbonyl (C=O) groups excluding carboxylic acids is 1. The van der Waals surface area contributed by atoms with Gasteiger partial charge in [-0.15, -0.1) is 0 Å². The summed E-state index contributed by atoms with van der Waals surface area (Å²) in [6.07, 6.45) is -3.26. The van der Waals surface area contributed by atoms with Crippen LogP contribution in [0.15, 0.2) is 23.8 Å². The van der Waals surface area contributed by atoms with E-state index in [1.165, 1.54) is 0 Å². The molecular formula is C26H40O10. The van der Waals surface area contributed by atoms with Crippen LogP contribution < -0.4 is 0 Å². The van der Waals surface area contributed by atoms with Crippen molar-refractivity contribution in [3.63, 3.8) is 0 Å². The van der Waals surface area contributed by atoms with Crippen LogP contribution in [0.3, 0.4) is 0 Å². The van der Waals surface area contributed by atoms with Crippen molar-refractivity contribution in [2.45, 2.75) is 88.9 Å². The maximum absolute atomic E-state index is 12.0. The molecule has 0 amide bonds. The van der Waals surface area contributed by atoms with Gasteiger partial charge in [0.15, 0.2) is 6.29 Å². The molecule has 10 nitrogen and oxygen atoms in total. The SMILES string of the molecule is C=C1CC[C@H]2[C@](C)(CC[C@@H](O[C@@H]3O[C@H](CO)[C@@H](O)[C@H](O)[C@H]3O)[C@@]2(C)CO)[C@@H]1C/C=C1\C(=O)OC[C@H]1O. The Kier molecular flexibility index (Phi) is 8.00. The van der Waals surface area contributed by atoms with Gasteiger partial charge in [-0.3, -0.25) is 0 Å². The van der Waals surface area contributed by atoms with E-state index in [1.54, 1.807) is 6.08 Å². The summed E-state index contributed by atoms with van der Waals surface area (Å²) in [4.78, 5) is 12.0. The number of allylic oxidation sites excluding steroid dienone is 2. The van der Waals surface area contributed by atoms with E-state index in [0.29, 0.717) is 12.8 Å². The van der Waals surface area contributed by atoms with Crippen LogP contribution in [0.1, 0.15) is 46.0 Å². The summed E-state index contributed by atoms with van der Waals surface area (Å²) in [5.41, 5.74) is 0.356. The Balaban J connectivity index is 1.56. The lowest BCUT2D eigenvalue weighted by molar-refractivity contribution is -0.330. The van der Waals surface area contributed by atoms with Gasteiger partial charge in [0.2, 0.25) is 0 Å².